The van der Waals surface area contributed by atoms with Crippen LogP contribution in [0, 0.1) is 22.2 Å². The molecule has 0 aromatic rings. The van der Waals surface area contributed by atoms with Gasteiger partial charge in [0.25, 0.3) is 0 Å². The van der Waals surface area contributed by atoms with Crippen molar-refractivity contribution in [1.29, 1.82) is 0 Å². The predicted molar refractivity (Wildman–Crippen MR) is 119 cm³/mol. The fraction of sp³-hybridized carbons (Fsp3) is 1.00. The second kappa shape index (κ2) is 9.64. The minimum atomic E-state index is 0.505. The highest BCUT2D eigenvalue weighted by Gasteiger charge is 2.58. The van der Waals surface area contributed by atoms with E-state index in [2.05, 4.69) is 13.8 Å². The lowest BCUT2D eigenvalue weighted by molar-refractivity contribution is -0.123. The molecule has 0 unspecified atom stereocenters. The molecule has 158 valence electrons. The molecular weight excluding hydrogens is 326 g/mol. The van der Waals surface area contributed by atoms with Crippen LogP contribution in [0.3, 0.4) is 0 Å². The molecule has 0 atom stereocenters. The van der Waals surface area contributed by atoms with Gasteiger partial charge >= 0.3 is 0 Å². The molecule has 3 saturated carbocycles. The predicted octanol–water partition coefficient (Wildman–Crippen LogP) is 8.01. The van der Waals surface area contributed by atoms with E-state index in [9.17, 15) is 0 Å². The van der Waals surface area contributed by atoms with E-state index < -0.39 is 0 Å². The largest absolute Gasteiger partial charge is 0.330 e. The molecule has 2 N–H and O–H groups in total. The Morgan fingerprint density at radius 2 is 1.15 bits per heavy atom. The van der Waals surface area contributed by atoms with E-state index in [-0.39, 0.29) is 0 Å². The van der Waals surface area contributed by atoms with Crippen LogP contribution in [0.5, 0.6) is 0 Å². The van der Waals surface area contributed by atoms with E-state index >= 15 is 0 Å². The van der Waals surface area contributed by atoms with Crippen molar-refractivity contribution in [2.24, 2.45) is 27.9 Å². The van der Waals surface area contributed by atoms with Gasteiger partial charge in [0.15, 0.2) is 0 Å². The van der Waals surface area contributed by atoms with E-state index in [1.54, 1.807) is 0 Å². The van der Waals surface area contributed by atoms with Crippen LogP contribution in [-0.2, 0) is 0 Å². The summed E-state index contributed by atoms with van der Waals surface area (Å²) in [6, 6.07) is 0. The summed E-state index contributed by atoms with van der Waals surface area (Å²) in [5, 5.41) is 0. The fourth-order valence-corrected chi connectivity index (χ4v) is 7.78. The summed E-state index contributed by atoms with van der Waals surface area (Å²) in [7, 11) is 0. The first-order valence-corrected chi connectivity index (χ1v) is 12.8. The van der Waals surface area contributed by atoms with Gasteiger partial charge in [-0.15, -0.1) is 0 Å². The van der Waals surface area contributed by atoms with Gasteiger partial charge in [-0.3, -0.25) is 0 Å². The molecular formula is C26H49N. The maximum absolute atomic E-state index is 6.32. The smallest absolute Gasteiger partial charge is 0.00203 e. The van der Waals surface area contributed by atoms with Crippen molar-refractivity contribution in [2.75, 3.05) is 6.54 Å². The molecule has 3 aliphatic carbocycles. The molecule has 0 heterocycles. The number of hydrogen-bond donors (Lipinski definition) is 1. The van der Waals surface area contributed by atoms with E-state index in [1.807, 2.05) is 0 Å². The third-order valence-electron chi connectivity index (χ3n) is 9.51. The van der Waals surface area contributed by atoms with Crippen LogP contribution >= 0.6 is 0 Å². The zero-order valence-corrected chi connectivity index (χ0v) is 18.8. The van der Waals surface area contributed by atoms with Crippen LogP contribution in [0.1, 0.15) is 136 Å². The topological polar surface area (TPSA) is 26.0 Å². The summed E-state index contributed by atoms with van der Waals surface area (Å²) in [5.41, 5.74) is 8.04. The Hall–Kier alpha value is -0.0400. The van der Waals surface area contributed by atoms with Crippen molar-refractivity contribution < 1.29 is 0 Å². The van der Waals surface area contributed by atoms with Gasteiger partial charge in [0.05, 0.1) is 0 Å². The minimum absolute atomic E-state index is 0.505. The average Bonchev–Trinajstić information content (AvgIpc) is 2.90. The van der Waals surface area contributed by atoms with E-state index in [1.165, 1.54) is 122 Å². The molecule has 0 saturated heterocycles. The summed E-state index contributed by atoms with van der Waals surface area (Å²) in [6.45, 7) is 6.04. The summed E-state index contributed by atoms with van der Waals surface area (Å²) >= 11 is 0. The van der Waals surface area contributed by atoms with Crippen molar-refractivity contribution in [1.82, 2.24) is 0 Å². The third-order valence-corrected chi connectivity index (χ3v) is 9.51. The van der Waals surface area contributed by atoms with Crippen molar-refractivity contribution in [3.63, 3.8) is 0 Å². The van der Waals surface area contributed by atoms with E-state index in [4.69, 9.17) is 5.73 Å². The molecule has 3 rings (SSSR count). The fourth-order valence-electron chi connectivity index (χ4n) is 7.78. The van der Waals surface area contributed by atoms with Crippen molar-refractivity contribution >= 4 is 0 Å². The number of rotatable bonds is 5. The molecule has 0 aromatic heterocycles. The summed E-state index contributed by atoms with van der Waals surface area (Å²) in [4.78, 5) is 0. The maximum atomic E-state index is 6.32. The molecule has 1 heteroatoms. The first kappa shape index (κ1) is 21.7. The van der Waals surface area contributed by atoms with Gasteiger partial charge in [-0.25, -0.2) is 0 Å². The Morgan fingerprint density at radius 1 is 0.704 bits per heavy atom. The Balaban J connectivity index is 1.82. The Morgan fingerprint density at radius 3 is 1.59 bits per heavy atom. The van der Waals surface area contributed by atoms with E-state index in [0.717, 1.165) is 12.5 Å². The Bertz CT molecular complexity index is 415. The highest BCUT2D eigenvalue weighted by atomic mass is 14.7. The van der Waals surface area contributed by atoms with Gasteiger partial charge in [0.2, 0.25) is 0 Å². The Kier molecular flexibility index (Phi) is 7.73. The van der Waals surface area contributed by atoms with Gasteiger partial charge in [0, 0.05) is 0 Å². The maximum Gasteiger partial charge on any atom is -0.00203 e. The van der Waals surface area contributed by atoms with Crippen molar-refractivity contribution in [2.45, 2.75) is 136 Å². The van der Waals surface area contributed by atoms with Crippen LogP contribution in [0.15, 0.2) is 0 Å². The molecule has 0 aromatic carbocycles. The summed E-state index contributed by atoms with van der Waals surface area (Å²) in [5.74, 6) is 0.971. The van der Waals surface area contributed by atoms with Gasteiger partial charge < -0.3 is 5.73 Å². The second-order valence-electron chi connectivity index (χ2n) is 11.2. The third kappa shape index (κ3) is 4.59. The van der Waals surface area contributed by atoms with Crippen molar-refractivity contribution in [3.8, 4) is 0 Å². The number of hydrogen-bond acceptors (Lipinski definition) is 1. The zero-order valence-electron chi connectivity index (χ0n) is 18.8. The lowest BCUT2D eigenvalue weighted by Gasteiger charge is -2.62. The quantitative estimate of drug-likeness (QED) is 0.484. The van der Waals surface area contributed by atoms with Crippen LogP contribution in [0.25, 0.3) is 0 Å². The molecule has 0 aliphatic heterocycles. The van der Waals surface area contributed by atoms with Gasteiger partial charge in [0.1, 0.15) is 0 Å². The van der Waals surface area contributed by atoms with Gasteiger partial charge in [-0.2, -0.15) is 0 Å². The summed E-state index contributed by atoms with van der Waals surface area (Å²) < 4.78 is 0. The van der Waals surface area contributed by atoms with Crippen LogP contribution in [0.2, 0.25) is 0 Å². The molecule has 1 nitrogen and oxygen atoms in total. The monoisotopic (exact) mass is 375 g/mol. The SMILES string of the molecule is CCCC1(CN)CC(C2(C3(C)CCCCCCCCC3)CCCCCC2)C1. The molecule has 0 amide bonds. The first-order chi connectivity index (χ1) is 13.1. The van der Waals surface area contributed by atoms with Crippen LogP contribution in [0.4, 0.5) is 0 Å². The average molecular weight is 376 g/mol. The van der Waals surface area contributed by atoms with Crippen LogP contribution < -0.4 is 5.73 Å². The molecule has 0 bridgehead atoms. The minimum Gasteiger partial charge on any atom is -0.330 e. The highest BCUT2D eigenvalue weighted by Crippen LogP contribution is 2.66. The van der Waals surface area contributed by atoms with Gasteiger partial charge in [-0.05, 0) is 73.7 Å². The first-order valence-electron chi connectivity index (χ1n) is 12.8. The number of nitrogens with two attached hydrogens (primary N) is 1. The highest BCUT2D eigenvalue weighted by molar-refractivity contribution is 5.08. The van der Waals surface area contributed by atoms with Crippen molar-refractivity contribution in [3.05, 3.63) is 0 Å². The Labute approximate surface area is 170 Å². The lowest BCUT2D eigenvalue weighted by atomic mass is 9.43. The van der Waals surface area contributed by atoms with Crippen LogP contribution in [-0.4, -0.2) is 6.54 Å². The molecule has 3 fully saturated rings. The normalized spacial score (nSPS) is 35.0. The molecule has 3 aliphatic rings. The molecule has 0 radical (unpaired) electrons. The molecule has 27 heavy (non-hydrogen) atoms. The second-order valence-corrected chi connectivity index (χ2v) is 11.2. The van der Waals surface area contributed by atoms with E-state index in [0.29, 0.717) is 16.2 Å². The lowest BCUT2D eigenvalue weighted by Crippen LogP contribution is -2.55. The standard InChI is InChI=1S/C26H49N/c1-3-15-25(22-27)20-23(21-25)26(18-13-9-10-14-19-26)24(2)16-11-7-5-4-6-8-12-17-24/h23H,3-22,27H2,1-2H3. The summed E-state index contributed by atoms with van der Waals surface area (Å²) in [6.07, 6.45) is 28.0. The van der Waals surface area contributed by atoms with Gasteiger partial charge in [-0.1, -0.05) is 90.9 Å². The zero-order chi connectivity index (χ0) is 19.2. The molecule has 0 spiro atoms.